The molecule has 0 fully saturated rings. The lowest BCUT2D eigenvalue weighted by atomic mass is 10.2. The number of rotatable bonds is 4. The molecule has 0 saturated carbocycles. The van der Waals surface area contributed by atoms with Crippen LogP contribution in [0.1, 0.15) is 11.1 Å². The molecule has 20 heavy (non-hydrogen) atoms. The molecule has 2 rings (SSSR count). The summed E-state index contributed by atoms with van der Waals surface area (Å²) in [5.74, 6) is -1.28. The molecule has 0 atom stereocenters. The second-order valence-electron chi connectivity index (χ2n) is 4.08. The Kier molecular flexibility index (Phi) is 4.39. The van der Waals surface area contributed by atoms with Gasteiger partial charge >= 0.3 is 5.97 Å². The van der Waals surface area contributed by atoms with E-state index in [0.717, 1.165) is 17.2 Å². The molecule has 0 radical (unpaired) electrons. The topological polar surface area (TPSA) is 49.7 Å². The number of carbonyl (C=O) groups is 1. The molecule has 0 aliphatic rings. The molecular weight excluding hydrogens is 257 g/mol. The summed E-state index contributed by atoms with van der Waals surface area (Å²) < 4.78 is 12.8. The highest BCUT2D eigenvalue weighted by Gasteiger charge is 1.93. The summed E-state index contributed by atoms with van der Waals surface area (Å²) in [6.45, 7) is 0. The third-order valence-electron chi connectivity index (χ3n) is 2.52. The van der Waals surface area contributed by atoms with Crippen molar-refractivity contribution in [2.24, 2.45) is 4.99 Å². The molecule has 2 aromatic rings. The van der Waals surface area contributed by atoms with Crippen LogP contribution in [0.25, 0.3) is 6.08 Å². The summed E-state index contributed by atoms with van der Waals surface area (Å²) in [6.07, 6.45) is 4.20. The maximum Gasteiger partial charge on any atom is 0.328 e. The van der Waals surface area contributed by atoms with Crippen LogP contribution in [-0.4, -0.2) is 17.3 Å². The van der Waals surface area contributed by atoms with Crippen LogP contribution in [0, 0.1) is 5.82 Å². The highest BCUT2D eigenvalue weighted by atomic mass is 19.1. The first-order valence-electron chi connectivity index (χ1n) is 5.94. The van der Waals surface area contributed by atoms with Gasteiger partial charge in [-0.3, -0.25) is 4.99 Å². The Balaban J connectivity index is 2.15. The average molecular weight is 269 g/mol. The fraction of sp³-hybridized carbons (Fsp3) is 0. The highest BCUT2D eigenvalue weighted by molar-refractivity contribution is 5.86. The van der Waals surface area contributed by atoms with E-state index in [1.807, 2.05) is 0 Å². The van der Waals surface area contributed by atoms with Crippen LogP contribution in [0.5, 0.6) is 0 Å². The van der Waals surface area contributed by atoms with Gasteiger partial charge < -0.3 is 5.11 Å². The molecule has 0 aliphatic carbocycles. The first-order chi connectivity index (χ1) is 9.63. The zero-order chi connectivity index (χ0) is 14.4. The molecule has 0 aliphatic heterocycles. The number of carboxylic acids is 1. The summed E-state index contributed by atoms with van der Waals surface area (Å²) in [6, 6.07) is 13.1. The first-order valence-corrected chi connectivity index (χ1v) is 5.94. The fourth-order valence-electron chi connectivity index (χ4n) is 1.57. The van der Waals surface area contributed by atoms with E-state index in [1.165, 1.54) is 18.2 Å². The zero-order valence-electron chi connectivity index (χ0n) is 10.5. The van der Waals surface area contributed by atoms with E-state index >= 15 is 0 Å². The smallest absolute Gasteiger partial charge is 0.328 e. The second kappa shape index (κ2) is 6.43. The molecule has 0 bridgehead atoms. The molecule has 100 valence electrons. The Hall–Kier alpha value is -2.75. The van der Waals surface area contributed by atoms with Gasteiger partial charge in [-0.1, -0.05) is 24.3 Å². The Labute approximate surface area is 115 Å². The van der Waals surface area contributed by atoms with E-state index in [1.54, 1.807) is 42.6 Å². The van der Waals surface area contributed by atoms with Crippen LogP contribution in [0.15, 0.2) is 59.6 Å². The monoisotopic (exact) mass is 269 g/mol. The number of aliphatic imine (C=N–C) groups is 1. The van der Waals surface area contributed by atoms with Crippen molar-refractivity contribution >= 4 is 23.9 Å². The lowest BCUT2D eigenvalue weighted by molar-refractivity contribution is -0.131. The third kappa shape index (κ3) is 4.17. The third-order valence-corrected chi connectivity index (χ3v) is 2.52. The van der Waals surface area contributed by atoms with Gasteiger partial charge in [-0.25, -0.2) is 9.18 Å². The molecule has 0 aromatic heterocycles. The minimum atomic E-state index is -0.995. The number of hydrogen-bond donors (Lipinski definition) is 1. The second-order valence-corrected chi connectivity index (χ2v) is 4.08. The van der Waals surface area contributed by atoms with Crippen LogP contribution >= 0.6 is 0 Å². The summed E-state index contributed by atoms with van der Waals surface area (Å²) in [7, 11) is 0. The predicted molar refractivity (Wildman–Crippen MR) is 76.8 cm³/mol. The van der Waals surface area contributed by atoms with E-state index in [2.05, 4.69) is 4.99 Å². The molecular formula is C16H12FNO2. The molecule has 0 saturated heterocycles. The van der Waals surface area contributed by atoms with E-state index < -0.39 is 5.97 Å². The number of halogens is 1. The lowest BCUT2D eigenvalue weighted by Gasteiger charge is -1.97. The Morgan fingerprint density at radius 1 is 1.10 bits per heavy atom. The predicted octanol–water partition coefficient (Wildman–Crippen LogP) is 3.67. The minimum absolute atomic E-state index is 0.289. The molecule has 3 nitrogen and oxygen atoms in total. The zero-order valence-corrected chi connectivity index (χ0v) is 10.5. The van der Waals surface area contributed by atoms with E-state index in [4.69, 9.17) is 5.11 Å². The van der Waals surface area contributed by atoms with Gasteiger partial charge in [-0.2, -0.15) is 0 Å². The Morgan fingerprint density at radius 2 is 1.85 bits per heavy atom. The fourth-order valence-corrected chi connectivity index (χ4v) is 1.57. The summed E-state index contributed by atoms with van der Waals surface area (Å²) in [4.78, 5) is 14.7. The number of nitrogens with zero attached hydrogens (tertiary/aromatic N) is 1. The molecule has 0 amide bonds. The van der Waals surface area contributed by atoms with E-state index in [-0.39, 0.29) is 5.82 Å². The Bertz CT molecular complexity index is 660. The van der Waals surface area contributed by atoms with Gasteiger partial charge in [0.2, 0.25) is 0 Å². The minimum Gasteiger partial charge on any atom is -0.478 e. The number of aliphatic carboxylic acids is 1. The number of hydrogen-bond acceptors (Lipinski definition) is 2. The molecule has 2 aromatic carbocycles. The van der Waals surface area contributed by atoms with Gasteiger partial charge in [-0.15, -0.1) is 0 Å². The summed E-state index contributed by atoms with van der Waals surface area (Å²) >= 11 is 0. The summed E-state index contributed by atoms with van der Waals surface area (Å²) in [5.41, 5.74) is 2.24. The van der Waals surface area contributed by atoms with Gasteiger partial charge in [0, 0.05) is 12.3 Å². The van der Waals surface area contributed by atoms with Crippen molar-refractivity contribution in [3.63, 3.8) is 0 Å². The first kappa shape index (κ1) is 13.7. The van der Waals surface area contributed by atoms with Gasteiger partial charge in [0.15, 0.2) is 0 Å². The van der Waals surface area contributed by atoms with Crippen LogP contribution < -0.4 is 0 Å². The number of carboxylic acid groups (broad SMARTS) is 1. The highest BCUT2D eigenvalue weighted by Crippen LogP contribution is 2.15. The van der Waals surface area contributed by atoms with Crippen LogP contribution in [0.2, 0.25) is 0 Å². The van der Waals surface area contributed by atoms with E-state index in [0.29, 0.717) is 5.69 Å². The normalized spacial score (nSPS) is 11.2. The van der Waals surface area contributed by atoms with Crippen molar-refractivity contribution in [1.82, 2.24) is 0 Å². The van der Waals surface area contributed by atoms with Gasteiger partial charge in [0.1, 0.15) is 5.82 Å². The van der Waals surface area contributed by atoms with Crippen molar-refractivity contribution in [2.75, 3.05) is 0 Å². The maximum atomic E-state index is 12.8. The quantitative estimate of drug-likeness (QED) is 0.680. The van der Waals surface area contributed by atoms with E-state index in [9.17, 15) is 9.18 Å². The molecule has 0 spiro atoms. The van der Waals surface area contributed by atoms with Crippen molar-refractivity contribution in [1.29, 1.82) is 0 Å². The van der Waals surface area contributed by atoms with Gasteiger partial charge in [0.25, 0.3) is 0 Å². The molecule has 4 heteroatoms. The maximum absolute atomic E-state index is 12.8. The SMILES string of the molecule is O=C(O)C=Cc1cccc(N=Cc2ccc(F)cc2)c1. The lowest BCUT2D eigenvalue weighted by Crippen LogP contribution is -1.85. The van der Waals surface area contributed by atoms with Crippen molar-refractivity contribution in [3.05, 3.63) is 71.6 Å². The van der Waals surface area contributed by atoms with Crippen LogP contribution in [0.4, 0.5) is 10.1 Å². The molecule has 0 heterocycles. The van der Waals surface area contributed by atoms with Crippen LogP contribution in [0.3, 0.4) is 0 Å². The standard InChI is InChI=1S/C16H12FNO2/c17-14-7-4-13(5-8-14)11-18-15-3-1-2-12(10-15)6-9-16(19)20/h1-11H,(H,19,20). The van der Waals surface area contributed by atoms with Gasteiger partial charge in [0.05, 0.1) is 5.69 Å². The van der Waals surface area contributed by atoms with Crippen molar-refractivity contribution in [2.45, 2.75) is 0 Å². The number of benzene rings is 2. The molecule has 0 unspecified atom stereocenters. The Morgan fingerprint density at radius 3 is 2.55 bits per heavy atom. The largest absolute Gasteiger partial charge is 0.478 e. The van der Waals surface area contributed by atoms with Crippen molar-refractivity contribution < 1.29 is 14.3 Å². The van der Waals surface area contributed by atoms with Crippen molar-refractivity contribution in [3.8, 4) is 0 Å². The average Bonchev–Trinajstić information content (AvgIpc) is 2.45. The molecule has 1 N–H and O–H groups in total. The van der Waals surface area contributed by atoms with Gasteiger partial charge in [-0.05, 0) is 41.5 Å². The van der Waals surface area contributed by atoms with Crippen LogP contribution in [-0.2, 0) is 4.79 Å². The summed E-state index contributed by atoms with van der Waals surface area (Å²) in [5, 5.41) is 8.57.